The molecule has 0 unspecified atom stereocenters. The van der Waals surface area contributed by atoms with Crippen LogP contribution in [0.15, 0.2) is 24.4 Å². The van der Waals surface area contributed by atoms with Crippen LogP contribution < -0.4 is 5.32 Å². The zero-order chi connectivity index (χ0) is 13.1. The predicted molar refractivity (Wildman–Crippen MR) is 72.0 cm³/mol. The molecule has 0 fully saturated rings. The van der Waals surface area contributed by atoms with E-state index in [-0.39, 0.29) is 10.6 Å². The summed E-state index contributed by atoms with van der Waals surface area (Å²) in [6.45, 7) is 4.50. The molecule has 1 N–H and O–H groups in total. The minimum atomic E-state index is -0.386. The van der Waals surface area contributed by atoms with Gasteiger partial charge >= 0.3 is 0 Å². The van der Waals surface area contributed by atoms with Gasteiger partial charge in [-0.15, -0.1) is 11.3 Å². The number of hydrogen-bond acceptors (Lipinski definition) is 5. The van der Waals surface area contributed by atoms with E-state index in [1.54, 1.807) is 23.5 Å². The molecule has 18 heavy (non-hydrogen) atoms. The van der Waals surface area contributed by atoms with Gasteiger partial charge < -0.3 is 5.32 Å². The highest BCUT2D eigenvalue weighted by Gasteiger charge is 2.08. The van der Waals surface area contributed by atoms with Gasteiger partial charge in [0.1, 0.15) is 0 Å². The summed E-state index contributed by atoms with van der Waals surface area (Å²) in [6.07, 6.45) is 1.84. The van der Waals surface area contributed by atoms with E-state index in [0.29, 0.717) is 6.54 Å². The van der Waals surface area contributed by atoms with Crippen molar-refractivity contribution < 1.29 is 4.92 Å². The maximum absolute atomic E-state index is 10.6. The van der Waals surface area contributed by atoms with Gasteiger partial charge in [-0.25, -0.2) is 4.98 Å². The van der Waals surface area contributed by atoms with Crippen molar-refractivity contribution in [2.75, 3.05) is 5.32 Å². The fourth-order valence-electron chi connectivity index (χ4n) is 1.63. The van der Waals surface area contributed by atoms with Crippen molar-refractivity contribution in [3.05, 3.63) is 50.0 Å². The average Bonchev–Trinajstić information content (AvgIpc) is 2.73. The number of nitrogens with zero attached hydrogens (tertiary/aromatic N) is 2. The number of hydrogen-bond donors (Lipinski definition) is 1. The molecule has 0 atom stereocenters. The van der Waals surface area contributed by atoms with Crippen molar-refractivity contribution >= 4 is 22.7 Å². The zero-order valence-corrected chi connectivity index (χ0v) is 11.0. The number of benzene rings is 1. The first-order valence-corrected chi connectivity index (χ1v) is 6.28. The summed E-state index contributed by atoms with van der Waals surface area (Å²) < 4.78 is 0. The fourth-order valence-corrected chi connectivity index (χ4v) is 2.36. The summed E-state index contributed by atoms with van der Waals surface area (Å²) in [4.78, 5) is 15.6. The van der Waals surface area contributed by atoms with E-state index in [1.807, 2.05) is 20.0 Å². The minimum Gasteiger partial charge on any atom is -0.380 e. The Morgan fingerprint density at radius 3 is 2.78 bits per heavy atom. The standard InChI is InChI=1S/C12H13N3O2S/c1-8-5-10(15(16)17)3-4-12(8)14-7-11-6-13-9(2)18-11/h3-6,14H,7H2,1-2H3. The Bertz CT molecular complexity index is 580. The molecular formula is C12H13N3O2S. The van der Waals surface area contributed by atoms with Gasteiger partial charge in [0.05, 0.1) is 16.5 Å². The Labute approximate surface area is 109 Å². The quantitative estimate of drug-likeness (QED) is 0.679. The van der Waals surface area contributed by atoms with Crippen molar-refractivity contribution in [2.45, 2.75) is 20.4 Å². The lowest BCUT2D eigenvalue weighted by atomic mass is 10.2. The van der Waals surface area contributed by atoms with E-state index in [2.05, 4.69) is 10.3 Å². The monoisotopic (exact) mass is 263 g/mol. The SMILES string of the molecule is Cc1ncc(CNc2ccc([N+](=O)[O-])cc2C)s1. The lowest BCUT2D eigenvalue weighted by Crippen LogP contribution is -2.00. The van der Waals surface area contributed by atoms with Gasteiger partial charge in [-0.1, -0.05) is 0 Å². The van der Waals surface area contributed by atoms with Crippen LogP contribution in [0.1, 0.15) is 15.4 Å². The van der Waals surface area contributed by atoms with Crippen LogP contribution in [-0.4, -0.2) is 9.91 Å². The van der Waals surface area contributed by atoms with Gasteiger partial charge in [-0.05, 0) is 25.5 Å². The van der Waals surface area contributed by atoms with E-state index in [0.717, 1.165) is 21.1 Å². The van der Waals surface area contributed by atoms with Crippen LogP contribution in [0.25, 0.3) is 0 Å². The molecule has 6 heteroatoms. The second-order valence-electron chi connectivity index (χ2n) is 3.96. The van der Waals surface area contributed by atoms with E-state index < -0.39 is 0 Å². The minimum absolute atomic E-state index is 0.117. The van der Waals surface area contributed by atoms with Crippen molar-refractivity contribution in [2.24, 2.45) is 0 Å². The second-order valence-corrected chi connectivity index (χ2v) is 5.27. The number of nitrogens with one attached hydrogen (secondary N) is 1. The number of nitro groups is 1. The summed E-state index contributed by atoms with van der Waals surface area (Å²) in [7, 11) is 0. The maximum Gasteiger partial charge on any atom is 0.269 e. The highest BCUT2D eigenvalue weighted by atomic mass is 32.1. The van der Waals surface area contributed by atoms with Gasteiger partial charge in [0.15, 0.2) is 0 Å². The van der Waals surface area contributed by atoms with Gasteiger partial charge in [-0.3, -0.25) is 10.1 Å². The molecule has 0 radical (unpaired) electrons. The van der Waals surface area contributed by atoms with Crippen molar-refractivity contribution in [1.29, 1.82) is 0 Å². The molecule has 1 aromatic carbocycles. The molecule has 1 heterocycles. The summed E-state index contributed by atoms with van der Waals surface area (Å²) in [5, 5.41) is 14.9. The molecule has 0 saturated heterocycles. The summed E-state index contributed by atoms with van der Waals surface area (Å²) >= 11 is 1.64. The van der Waals surface area contributed by atoms with Gasteiger partial charge in [0, 0.05) is 28.9 Å². The van der Waals surface area contributed by atoms with Crippen LogP contribution >= 0.6 is 11.3 Å². The molecule has 0 aliphatic rings. The second kappa shape index (κ2) is 5.14. The molecule has 0 aliphatic heterocycles. The van der Waals surface area contributed by atoms with E-state index in [4.69, 9.17) is 0 Å². The highest BCUT2D eigenvalue weighted by molar-refractivity contribution is 7.11. The van der Waals surface area contributed by atoms with E-state index >= 15 is 0 Å². The lowest BCUT2D eigenvalue weighted by molar-refractivity contribution is -0.384. The maximum atomic E-state index is 10.6. The zero-order valence-electron chi connectivity index (χ0n) is 10.1. The van der Waals surface area contributed by atoms with Crippen LogP contribution in [0.3, 0.4) is 0 Å². The number of anilines is 1. The van der Waals surface area contributed by atoms with E-state index in [1.165, 1.54) is 6.07 Å². The molecule has 5 nitrogen and oxygen atoms in total. The molecule has 2 rings (SSSR count). The lowest BCUT2D eigenvalue weighted by Gasteiger charge is -2.07. The Balaban J connectivity index is 2.08. The van der Waals surface area contributed by atoms with Gasteiger partial charge in [0.25, 0.3) is 5.69 Å². The third-order valence-corrected chi connectivity index (χ3v) is 3.46. The third-order valence-electron chi connectivity index (χ3n) is 2.54. The van der Waals surface area contributed by atoms with Crippen LogP contribution in [0.2, 0.25) is 0 Å². The highest BCUT2D eigenvalue weighted by Crippen LogP contribution is 2.22. The molecule has 0 amide bonds. The van der Waals surface area contributed by atoms with Crippen LogP contribution in [-0.2, 0) is 6.54 Å². The largest absolute Gasteiger partial charge is 0.380 e. The molecule has 94 valence electrons. The molecule has 1 aromatic heterocycles. The fraction of sp³-hybridized carbons (Fsp3) is 0.250. The van der Waals surface area contributed by atoms with Gasteiger partial charge in [-0.2, -0.15) is 0 Å². The first-order valence-electron chi connectivity index (χ1n) is 5.46. The van der Waals surface area contributed by atoms with Crippen LogP contribution in [0, 0.1) is 24.0 Å². The smallest absolute Gasteiger partial charge is 0.269 e. The molecule has 0 aliphatic carbocycles. The number of nitro benzene ring substituents is 1. The molecule has 0 bridgehead atoms. The van der Waals surface area contributed by atoms with Crippen LogP contribution in [0.5, 0.6) is 0 Å². The van der Waals surface area contributed by atoms with Crippen molar-refractivity contribution in [3.8, 4) is 0 Å². The molecule has 0 saturated carbocycles. The Kier molecular flexibility index (Phi) is 3.57. The van der Waals surface area contributed by atoms with Crippen LogP contribution in [0.4, 0.5) is 11.4 Å². The average molecular weight is 263 g/mol. The topological polar surface area (TPSA) is 68.1 Å². The molecular weight excluding hydrogens is 250 g/mol. The number of aryl methyl sites for hydroxylation is 2. The van der Waals surface area contributed by atoms with Crippen molar-refractivity contribution in [3.63, 3.8) is 0 Å². The Morgan fingerprint density at radius 2 is 2.22 bits per heavy atom. The summed E-state index contributed by atoms with van der Waals surface area (Å²) in [5.74, 6) is 0. The number of rotatable bonds is 4. The van der Waals surface area contributed by atoms with E-state index in [9.17, 15) is 10.1 Å². The Hall–Kier alpha value is -1.95. The predicted octanol–water partition coefficient (Wildman–Crippen LogP) is 3.28. The number of non-ortho nitro benzene ring substituents is 1. The molecule has 0 spiro atoms. The number of aromatic nitrogens is 1. The van der Waals surface area contributed by atoms with Crippen molar-refractivity contribution in [1.82, 2.24) is 4.98 Å². The summed E-state index contributed by atoms with van der Waals surface area (Å²) in [6, 6.07) is 4.81. The van der Waals surface area contributed by atoms with Gasteiger partial charge in [0.2, 0.25) is 0 Å². The normalized spacial score (nSPS) is 10.3. The third kappa shape index (κ3) is 2.84. The first kappa shape index (κ1) is 12.5. The summed E-state index contributed by atoms with van der Waals surface area (Å²) in [5.41, 5.74) is 1.89. The Morgan fingerprint density at radius 1 is 1.44 bits per heavy atom. The number of thiazole rings is 1. The molecule has 2 aromatic rings. The first-order chi connectivity index (χ1) is 8.56.